The zero-order valence-corrected chi connectivity index (χ0v) is 10.9. The van der Waals surface area contributed by atoms with Crippen molar-refractivity contribution in [2.24, 2.45) is 0 Å². The van der Waals surface area contributed by atoms with Gasteiger partial charge in [-0.15, -0.1) is 0 Å². The van der Waals surface area contributed by atoms with Crippen LogP contribution >= 0.6 is 0 Å². The molecule has 0 atom stereocenters. The first kappa shape index (κ1) is 13.2. The molecule has 1 aliphatic heterocycles. The number of hydrogen-bond acceptors (Lipinski definition) is 4. The quantitative estimate of drug-likeness (QED) is 0.808. The predicted molar refractivity (Wildman–Crippen MR) is 68.8 cm³/mol. The van der Waals surface area contributed by atoms with E-state index in [1.807, 2.05) is 24.3 Å². The number of carbonyl (C=O) groups excluding carboxylic acids is 1. The second kappa shape index (κ2) is 6.10. The number of ether oxygens (including phenoxy) is 2. The van der Waals surface area contributed by atoms with Crippen LogP contribution in [0, 0.1) is 11.3 Å². The molecule has 0 aromatic heterocycles. The van der Waals surface area contributed by atoms with Gasteiger partial charge in [-0.3, -0.25) is 4.79 Å². The zero-order chi connectivity index (χ0) is 13.7. The number of hydrogen-bond donors (Lipinski definition) is 0. The Balaban J connectivity index is 1.85. The van der Waals surface area contributed by atoms with Crippen molar-refractivity contribution in [2.45, 2.75) is 19.3 Å². The number of benzene rings is 1. The van der Waals surface area contributed by atoms with Crippen molar-refractivity contribution in [3.63, 3.8) is 0 Å². The fourth-order valence-corrected chi connectivity index (χ4v) is 1.87. The summed E-state index contributed by atoms with van der Waals surface area (Å²) in [6.07, 6.45) is 1.31. The predicted octanol–water partition coefficient (Wildman–Crippen LogP) is 1.72. The van der Waals surface area contributed by atoms with E-state index < -0.39 is 0 Å². The lowest BCUT2D eigenvalue weighted by Crippen LogP contribution is -2.28. The van der Waals surface area contributed by atoms with E-state index in [1.54, 1.807) is 11.9 Å². The lowest BCUT2D eigenvalue weighted by Gasteiger charge is -2.16. The van der Waals surface area contributed by atoms with Gasteiger partial charge in [-0.25, -0.2) is 0 Å². The van der Waals surface area contributed by atoms with Crippen molar-refractivity contribution in [1.82, 2.24) is 4.90 Å². The number of nitrogens with zero attached hydrogens (tertiary/aromatic N) is 2. The van der Waals surface area contributed by atoms with Crippen LogP contribution in [-0.4, -0.2) is 31.2 Å². The van der Waals surface area contributed by atoms with Crippen LogP contribution in [0.2, 0.25) is 0 Å². The van der Waals surface area contributed by atoms with Crippen LogP contribution in [0.4, 0.5) is 0 Å². The molecule has 5 heteroatoms. The summed E-state index contributed by atoms with van der Waals surface area (Å²) in [6, 6.07) is 7.78. The molecule has 1 aromatic rings. The summed E-state index contributed by atoms with van der Waals surface area (Å²) >= 11 is 0. The fraction of sp³-hybridized carbons (Fsp3) is 0.429. The highest BCUT2D eigenvalue weighted by molar-refractivity contribution is 5.76. The minimum Gasteiger partial charge on any atom is -0.454 e. The standard InChI is InChI=1S/C14H16N2O3/c1-16(14(17)3-2-7-15)8-6-11-4-5-12-13(9-11)19-10-18-12/h4-5,9H,2-3,6,8,10H2,1H3. The highest BCUT2D eigenvalue weighted by Crippen LogP contribution is 2.32. The number of carbonyl (C=O) groups is 1. The summed E-state index contributed by atoms with van der Waals surface area (Å²) in [5.41, 5.74) is 1.10. The first-order valence-electron chi connectivity index (χ1n) is 6.20. The van der Waals surface area contributed by atoms with Crippen LogP contribution in [0.5, 0.6) is 11.5 Å². The first-order valence-corrected chi connectivity index (χ1v) is 6.20. The molecule has 0 saturated heterocycles. The van der Waals surface area contributed by atoms with Gasteiger partial charge in [-0.2, -0.15) is 5.26 Å². The van der Waals surface area contributed by atoms with Gasteiger partial charge in [-0.1, -0.05) is 6.07 Å². The molecule has 19 heavy (non-hydrogen) atoms. The van der Waals surface area contributed by atoms with Gasteiger partial charge < -0.3 is 14.4 Å². The largest absolute Gasteiger partial charge is 0.454 e. The van der Waals surface area contributed by atoms with Gasteiger partial charge in [0.2, 0.25) is 12.7 Å². The average Bonchev–Trinajstić information content (AvgIpc) is 2.89. The van der Waals surface area contributed by atoms with Gasteiger partial charge in [0, 0.05) is 26.4 Å². The van der Waals surface area contributed by atoms with Crippen molar-refractivity contribution in [2.75, 3.05) is 20.4 Å². The van der Waals surface area contributed by atoms with Gasteiger partial charge in [0.25, 0.3) is 0 Å². The molecular weight excluding hydrogens is 244 g/mol. The molecule has 0 N–H and O–H groups in total. The van der Waals surface area contributed by atoms with Crippen molar-refractivity contribution in [3.05, 3.63) is 23.8 Å². The molecule has 1 amide bonds. The molecule has 0 bridgehead atoms. The smallest absolute Gasteiger partial charge is 0.231 e. The Labute approximate surface area is 112 Å². The van der Waals surface area contributed by atoms with Gasteiger partial charge in [0.15, 0.2) is 11.5 Å². The molecule has 0 fully saturated rings. The van der Waals surface area contributed by atoms with Gasteiger partial charge in [-0.05, 0) is 24.1 Å². The molecule has 1 aliphatic rings. The Morgan fingerprint density at radius 2 is 2.21 bits per heavy atom. The van der Waals surface area contributed by atoms with Crippen LogP contribution in [0.25, 0.3) is 0 Å². The number of likely N-dealkylation sites (N-methyl/N-ethyl adjacent to an activating group) is 1. The molecule has 100 valence electrons. The third kappa shape index (κ3) is 3.38. The number of rotatable bonds is 5. The Morgan fingerprint density at radius 1 is 1.42 bits per heavy atom. The monoisotopic (exact) mass is 260 g/mol. The normalized spacial score (nSPS) is 12.0. The van der Waals surface area contributed by atoms with Gasteiger partial charge in [0.1, 0.15) is 0 Å². The molecule has 2 rings (SSSR count). The Morgan fingerprint density at radius 3 is 3.00 bits per heavy atom. The van der Waals surface area contributed by atoms with E-state index in [4.69, 9.17) is 14.7 Å². The van der Waals surface area contributed by atoms with Crippen LogP contribution < -0.4 is 9.47 Å². The van der Waals surface area contributed by atoms with Crippen LogP contribution in [-0.2, 0) is 11.2 Å². The molecule has 0 aliphatic carbocycles. The van der Waals surface area contributed by atoms with E-state index in [1.165, 1.54) is 0 Å². The van der Waals surface area contributed by atoms with E-state index in [9.17, 15) is 4.79 Å². The summed E-state index contributed by atoms with van der Waals surface area (Å²) in [4.78, 5) is 13.3. The maximum atomic E-state index is 11.6. The SMILES string of the molecule is CN(CCc1ccc2c(c1)OCO2)C(=O)CCC#N. The third-order valence-electron chi connectivity index (χ3n) is 3.05. The molecular formula is C14H16N2O3. The second-order valence-corrected chi connectivity index (χ2v) is 4.41. The summed E-state index contributed by atoms with van der Waals surface area (Å²) in [6.45, 7) is 0.898. The molecule has 0 unspecified atom stereocenters. The minimum absolute atomic E-state index is 0.00212. The van der Waals surface area contributed by atoms with E-state index >= 15 is 0 Å². The molecule has 5 nitrogen and oxygen atoms in total. The molecule has 1 heterocycles. The summed E-state index contributed by atoms with van der Waals surface area (Å²) < 4.78 is 10.6. The van der Waals surface area contributed by atoms with Crippen LogP contribution in [0.3, 0.4) is 0 Å². The highest BCUT2D eigenvalue weighted by atomic mass is 16.7. The fourth-order valence-electron chi connectivity index (χ4n) is 1.87. The number of amides is 1. The van der Waals surface area contributed by atoms with Crippen molar-refractivity contribution >= 4 is 5.91 Å². The average molecular weight is 260 g/mol. The molecule has 0 saturated carbocycles. The Hall–Kier alpha value is -2.22. The molecule has 0 spiro atoms. The maximum absolute atomic E-state index is 11.6. The van der Waals surface area contributed by atoms with Crippen molar-refractivity contribution < 1.29 is 14.3 Å². The Bertz CT molecular complexity index is 508. The Kier molecular flexibility index (Phi) is 4.24. The highest BCUT2D eigenvalue weighted by Gasteiger charge is 2.14. The molecule has 0 radical (unpaired) electrons. The number of fused-ring (bicyclic) bond motifs is 1. The minimum atomic E-state index is 0.00212. The number of nitriles is 1. The van der Waals surface area contributed by atoms with E-state index in [2.05, 4.69) is 0 Å². The lowest BCUT2D eigenvalue weighted by atomic mass is 10.1. The summed E-state index contributed by atoms with van der Waals surface area (Å²) in [5, 5.41) is 8.45. The van der Waals surface area contributed by atoms with Crippen LogP contribution in [0.1, 0.15) is 18.4 Å². The zero-order valence-electron chi connectivity index (χ0n) is 10.9. The third-order valence-corrected chi connectivity index (χ3v) is 3.05. The van der Waals surface area contributed by atoms with E-state index in [0.717, 1.165) is 23.5 Å². The van der Waals surface area contributed by atoms with E-state index in [-0.39, 0.29) is 25.5 Å². The topological polar surface area (TPSA) is 62.6 Å². The van der Waals surface area contributed by atoms with E-state index in [0.29, 0.717) is 6.54 Å². The van der Waals surface area contributed by atoms with Gasteiger partial charge >= 0.3 is 0 Å². The summed E-state index contributed by atoms with van der Waals surface area (Å²) in [5.74, 6) is 1.53. The molecule has 1 aromatic carbocycles. The summed E-state index contributed by atoms with van der Waals surface area (Å²) in [7, 11) is 1.76. The second-order valence-electron chi connectivity index (χ2n) is 4.41. The first-order chi connectivity index (χ1) is 9.20. The van der Waals surface area contributed by atoms with Crippen molar-refractivity contribution in [1.29, 1.82) is 5.26 Å². The maximum Gasteiger partial charge on any atom is 0.231 e. The van der Waals surface area contributed by atoms with Crippen LogP contribution in [0.15, 0.2) is 18.2 Å². The van der Waals surface area contributed by atoms with Crippen molar-refractivity contribution in [3.8, 4) is 17.6 Å². The van der Waals surface area contributed by atoms with Gasteiger partial charge in [0.05, 0.1) is 6.07 Å². The lowest BCUT2D eigenvalue weighted by molar-refractivity contribution is -0.129.